The maximum atomic E-state index is 13.9. The van der Waals surface area contributed by atoms with Crippen molar-refractivity contribution in [2.24, 2.45) is 0 Å². The number of nitrogens with zero attached hydrogens (tertiary/aromatic N) is 6. The Kier molecular flexibility index (Phi) is 6.39. The number of benzene rings is 3. The van der Waals surface area contributed by atoms with E-state index in [1.165, 1.54) is 0 Å². The number of carbonyl (C=O) groups excluding carboxylic acids is 1. The Morgan fingerprint density at radius 2 is 1.82 bits per heavy atom. The molecule has 0 saturated carbocycles. The number of fused-ring (bicyclic) bond motifs is 2. The molecule has 6 rings (SSSR count). The predicted octanol–water partition coefficient (Wildman–Crippen LogP) is 5.49. The van der Waals surface area contributed by atoms with Gasteiger partial charge < -0.3 is 18.8 Å². The van der Waals surface area contributed by atoms with Gasteiger partial charge in [0.25, 0.3) is 0 Å². The van der Waals surface area contributed by atoms with E-state index in [9.17, 15) is 4.79 Å². The molecule has 0 N–H and O–H groups in total. The molecule has 3 heterocycles. The summed E-state index contributed by atoms with van der Waals surface area (Å²) in [4.78, 5) is 28.4. The second-order valence-electron chi connectivity index (χ2n) is 9.45. The van der Waals surface area contributed by atoms with Crippen LogP contribution in [-0.4, -0.2) is 32.1 Å². The predicted molar refractivity (Wildman–Crippen MR) is 149 cm³/mol. The minimum atomic E-state index is -0.0251. The van der Waals surface area contributed by atoms with Gasteiger partial charge in [0.2, 0.25) is 5.91 Å². The molecule has 3 aromatic carbocycles. The van der Waals surface area contributed by atoms with Crippen LogP contribution >= 0.6 is 0 Å². The first-order chi connectivity index (χ1) is 19.1. The van der Waals surface area contributed by atoms with Crippen LogP contribution in [0.4, 0.5) is 11.4 Å². The molecule has 8 heteroatoms. The SMILES string of the molecule is [C-]#[N+]c1ccc(Cn2cncc2CC(=O)N2Cc3nc(-c4ccccc4OC)cn3Cc3ccccc32)cc1. The molecule has 0 bridgehead atoms. The van der Waals surface area contributed by atoms with E-state index in [1.807, 2.05) is 70.3 Å². The third-order valence-corrected chi connectivity index (χ3v) is 7.02. The van der Waals surface area contributed by atoms with Gasteiger partial charge in [-0.05, 0) is 29.3 Å². The number of rotatable bonds is 6. The highest BCUT2D eigenvalue weighted by atomic mass is 16.5. The summed E-state index contributed by atoms with van der Waals surface area (Å²) < 4.78 is 9.66. The number of aromatic nitrogens is 4. The summed E-state index contributed by atoms with van der Waals surface area (Å²) in [6, 6.07) is 23.3. The van der Waals surface area contributed by atoms with Crippen molar-refractivity contribution < 1.29 is 9.53 Å². The molecule has 39 heavy (non-hydrogen) atoms. The second-order valence-corrected chi connectivity index (χ2v) is 9.45. The molecule has 0 saturated heterocycles. The summed E-state index contributed by atoms with van der Waals surface area (Å²) in [6.07, 6.45) is 5.73. The van der Waals surface area contributed by atoms with Crippen LogP contribution in [0.1, 0.15) is 22.6 Å². The summed E-state index contributed by atoms with van der Waals surface area (Å²) in [5, 5.41) is 0. The van der Waals surface area contributed by atoms with Gasteiger partial charge in [-0.15, -0.1) is 0 Å². The summed E-state index contributed by atoms with van der Waals surface area (Å²) in [5.74, 6) is 1.55. The summed E-state index contributed by atoms with van der Waals surface area (Å²) in [7, 11) is 1.66. The van der Waals surface area contributed by atoms with Gasteiger partial charge in [0.05, 0.1) is 45.2 Å². The maximum absolute atomic E-state index is 13.9. The van der Waals surface area contributed by atoms with Crippen LogP contribution in [0.15, 0.2) is 91.5 Å². The molecule has 1 amide bonds. The lowest BCUT2D eigenvalue weighted by Crippen LogP contribution is -2.32. The first kappa shape index (κ1) is 24.2. The molecule has 5 aromatic rings. The molecule has 0 unspecified atom stereocenters. The Labute approximate surface area is 226 Å². The van der Waals surface area contributed by atoms with Gasteiger partial charge >= 0.3 is 0 Å². The highest BCUT2D eigenvalue weighted by molar-refractivity contribution is 5.95. The molecule has 2 aromatic heterocycles. The minimum Gasteiger partial charge on any atom is -0.496 e. The lowest BCUT2D eigenvalue weighted by molar-refractivity contribution is -0.118. The van der Waals surface area contributed by atoms with E-state index < -0.39 is 0 Å². The van der Waals surface area contributed by atoms with Crippen molar-refractivity contribution in [2.45, 2.75) is 26.1 Å². The molecule has 8 nitrogen and oxygen atoms in total. The maximum Gasteiger partial charge on any atom is 0.233 e. The molecular formula is C31H26N6O2. The molecule has 1 aliphatic rings. The minimum absolute atomic E-state index is 0.0251. The normalized spacial score (nSPS) is 12.3. The number of para-hydroxylation sites is 2. The average Bonchev–Trinajstić information content (AvgIpc) is 3.54. The number of hydrogen-bond acceptors (Lipinski definition) is 4. The zero-order valence-corrected chi connectivity index (χ0v) is 21.5. The van der Waals surface area contributed by atoms with Gasteiger partial charge in [-0.3, -0.25) is 4.79 Å². The van der Waals surface area contributed by atoms with Crippen molar-refractivity contribution in [1.29, 1.82) is 0 Å². The Hall–Kier alpha value is -5.16. The topological polar surface area (TPSA) is 69.5 Å². The number of methoxy groups -OCH3 is 1. The van der Waals surface area contributed by atoms with Crippen LogP contribution in [0.5, 0.6) is 5.75 Å². The van der Waals surface area contributed by atoms with Crippen molar-refractivity contribution in [2.75, 3.05) is 12.0 Å². The van der Waals surface area contributed by atoms with E-state index in [0.29, 0.717) is 25.3 Å². The lowest BCUT2D eigenvalue weighted by atomic mass is 10.1. The van der Waals surface area contributed by atoms with Crippen molar-refractivity contribution in [3.8, 4) is 17.0 Å². The zero-order chi connectivity index (χ0) is 26.8. The largest absolute Gasteiger partial charge is 0.496 e. The Morgan fingerprint density at radius 3 is 2.64 bits per heavy atom. The standard InChI is InChI=1S/C31H26N6O2/c1-32-24-13-11-22(12-14-24)17-36-21-33-16-25(36)15-31(38)37-20-30-34-27(26-8-4-6-10-29(26)39-2)19-35(30)18-23-7-3-5-9-28(23)37/h3-14,16,19,21H,15,17-18,20H2,2H3. The molecule has 0 spiro atoms. The average molecular weight is 515 g/mol. The molecule has 0 radical (unpaired) electrons. The fraction of sp³-hybridized carbons (Fsp3) is 0.161. The van der Waals surface area contributed by atoms with Crippen LogP contribution in [0.3, 0.4) is 0 Å². The van der Waals surface area contributed by atoms with Crippen molar-refractivity contribution in [3.05, 3.63) is 126 Å². The summed E-state index contributed by atoms with van der Waals surface area (Å²) in [5.41, 5.74) is 6.16. The van der Waals surface area contributed by atoms with Gasteiger partial charge in [-0.1, -0.05) is 54.6 Å². The van der Waals surface area contributed by atoms with Gasteiger partial charge in [-0.25, -0.2) is 14.8 Å². The molecular weight excluding hydrogens is 488 g/mol. The first-order valence-corrected chi connectivity index (χ1v) is 12.7. The number of imidazole rings is 2. The fourth-order valence-electron chi connectivity index (χ4n) is 5.00. The van der Waals surface area contributed by atoms with Crippen LogP contribution in [0, 0.1) is 6.57 Å². The molecule has 192 valence electrons. The van der Waals surface area contributed by atoms with E-state index in [1.54, 1.807) is 31.8 Å². The lowest BCUT2D eigenvalue weighted by Gasteiger charge is -2.22. The van der Waals surface area contributed by atoms with E-state index >= 15 is 0 Å². The van der Waals surface area contributed by atoms with E-state index in [2.05, 4.69) is 20.5 Å². The monoisotopic (exact) mass is 514 g/mol. The Morgan fingerprint density at radius 1 is 1.03 bits per heavy atom. The van der Waals surface area contributed by atoms with E-state index in [0.717, 1.165) is 45.3 Å². The zero-order valence-electron chi connectivity index (χ0n) is 21.5. The molecule has 1 aliphatic heterocycles. The van der Waals surface area contributed by atoms with E-state index in [-0.39, 0.29) is 12.3 Å². The smallest absolute Gasteiger partial charge is 0.233 e. The highest BCUT2D eigenvalue weighted by Gasteiger charge is 2.26. The number of hydrogen-bond donors (Lipinski definition) is 0. The van der Waals surface area contributed by atoms with Crippen LogP contribution in [-0.2, 0) is 30.8 Å². The number of ether oxygens (including phenoxy) is 1. The summed E-state index contributed by atoms with van der Waals surface area (Å²) >= 11 is 0. The third kappa shape index (κ3) is 4.78. The highest BCUT2D eigenvalue weighted by Crippen LogP contribution is 2.33. The Bertz CT molecular complexity index is 1690. The van der Waals surface area contributed by atoms with Crippen molar-refractivity contribution >= 4 is 17.3 Å². The van der Waals surface area contributed by atoms with Gasteiger partial charge in [-0.2, -0.15) is 0 Å². The number of carbonyl (C=O) groups is 1. The van der Waals surface area contributed by atoms with Gasteiger partial charge in [0.15, 0.2) is 5.69 Å². The van der Waals surface area contributed by atoms with Crippen LogP contribution in [0.25, 0.3) is 16.1 Å². The fourth-order valence-corrected chi connectivity index (χ4v) is 5.00. The first-order valence-electron chi connectivity index (χ1n) is 12.7. The number of amides is 1. The van der Waals surface area contributed by atoms with E-state index in [4.69, 9.17) is 16.3 Å². The van der Waals surface area contributed by atoms with Crippen LogP contribution in [0.2, 0.25) is 0 Å². The van der Waals surface area contributed by atoms with Gasteiger partial charge in [0.1, 0.15) is 11.6 Å². The number of anilines is 1. The van der Waals surface area contributed by atoms with Crippen molar-refractivity contribution in [1.82, 2.24) is 19.1 Å². The molecule has 0 fully saturated rings. The summed E-state index contributed by atoms with van der Waals surface area (Å²) in [6.45, 7) is 8.70. The van der Waals surface area contributed by atoms with Crippen LogP contribution < -0.4 is 9.64 Å². The molecule has 0 atom stereocenters. The molecule has 0 aliphatic carbocycles. The Balaban J connectivity index is 1.29. The van der Waals surface area contributed by atoms with Gasteiger partial charge in [0, 0.05) is 35.9 Å². The van der Waals surface area contributed by atoms with Crippen molar-refractivity contribution in [3.63, 3.8) is 0 Å². The quantitative estimate of drug-likeness (QED) is 0.281. The third-order valence-electron chi connectivity index (χ3n) is 7.02. The second kappa shape index (κ2) is 10.3.